The smallest absolute Gasteiger partial charge is 0.0465 e. The summed E-state index contributed by atoms with van der Waals surface area (Å²) in [5.41, 5.74) is 16.4. The molecule has 0 saturated carbocycles. The molecule has 2 heterocycles. The van der Waals surface area contributed by atoms with Gasteiger partial charge in [-0.1, -0.05) is 170 Å². The van der Waals surface area contributed by atoms with Crippen molar-refractivity contribution in [2.45, 2.75) is 25.7 Å². The van der Waals surface area contributed by atoms with Crippen molar-refractivity contribution in [1.82, 2.24) is 0 Å². The Hall–Kier alpha value is -7.04. The van der Waals surface area contributed by atoms with Crippen LogP contribution >= 0.6 is 22.7 Å². The Bertz CT molecular complexity index is 3300. The second-order valence-electron chi connectivity index (χ2n) is 16.6. The summed E-state index contributed by atoms with van der Waals surface area (Å²) in [7, 11) is 0. The van der Waals surface area contributed by atoms with Crippen molar-refractivity contribution in [3.05, 3.63) is 229 Å². The first-order chi connectivity index (χ1) is 31.2. The molecule has 0 atom stereocenters. The Morgan fingerprint density at radius 1 is 0.365 bits per heavy atom. The Morgan fingerprint density at radius 3 is 1.38 bits per heavy atom. The number of fused-ring (bicyclic) bond motifs is 6. The predicted molar refractivity (Wildman–Crippen MR) is 274 cm³/mol. The van der Waals surface area contributed by atoms with Gasteiger partial charge in [0.15, 0.2) is 0 Å². The van der Waals surface area contributed by atoms with Gasteiger partial charge in [-0.2, -0.15) is 0 Å². The van der Waals surface area contributed by atoms with Gasteiger partial charge >= 0.3 is 0 Å². The zero-order valence-corrected chi connectivity index (χ0v) is 36.4. The molecule has 1 nitrogen and oxygen atoms in total. The molecule has 0 fully saturated rings. The van der Waals surface area contributed by atoms with E-state index in [1.165, 1.54) is 102 Å². The van der Waals surface area contributed by atoms with Crippen LogP contribution in [-0.4, -0.2) is 0 Å². The Balaban J connectivity index is 1.07. The van der Waals surface area contributed by atoms with Crippen LogP contribution in [0, 0.1) is 0 Å². The molecule has 0 spiro atoms. The summed E-state index contributed by atoms with van der Waals surface area (Å²) >= 11 is 3.79. The van der Waals surface area contributed by atoms with Crippen LogP contribution in [0.5, 0.6) is 0 Å². The summed E-state index contributed by atoms with van der Waals surface area (Å²) < 4.78 is 5.30. The number of thiophene rings is 2. The largest absolute Gasteiger partial charge is 0.314 e. The minimum atomic E-state index is 0.944. The van der Waals surface area contributed by atoms with Gasteiger partial charge in [-0.3, -0.25) is 0 Å². The molecule has 0 bridgehead atoms. The van der Waals surface area contributed by atoms with E-state index in [1.54, 1.807) is 0 Å². The maximum Gasteiger partial charge on any atom is 0.0465 e. The van der Waals surface area contributed by atoms with Gasteiger partial charge in [0.1, 0.15) is 0 Å². The predicted octanol–water partition coefficient (Wildman–Crippen LogP) is 18.1. The molecule has 0 unspecified atom stereocenters. The number of hydrogen-bond acceptors (Lipinski definition) is 3. The summed E-state index contributed by atoms with van der Waals surface area (Å²) in [6.45, 7) is 0. The van der Waals surface area contributed by atoms with Crippen molar-refractivity contribution in [3.8, 4) is 44.5 Å². The first-order valence-corrected chi connectivity index (χ1v) is 23.6. The summed E-state index contributed by atoms with van der Waals surface area (Å²) in [6.07, 6.45) is 15.8. The molecule has 8 aromatic carbocycles. The van der Waals surface area contributed by atoms with Gasteiger partial charge in [-0.25, -0.2) is 0 Å². The molecule has 12 rings (SSSR count). The van der Waals surface area contributed by atoms with Gasteiger partial charge in [0.05, 0.1) is 0 Å². The average Bonchev–Trinajstić information content (AvgIpc) is 3.94. The van der Waals surface area contributed by atoms with Crippen molar-refractivity contribution in [2.24, 2.45) is 0 Å². The lowest BCUT2D eigenvalue weighted by Gasteiger charge is -2.32. The molecule has 0 N–H and O–H groups in total. The minimum Gasteiger partial charge on any atom is -0.314 e. The summed E-state index contributed by atoms with van der Waals surface area (Å²) in [5.74, 6) is 0. The van der Waals surface area contributed by atoms with Crippen LogP contribution in [0.15, 0.2) is 229 Å². The van der Waals surface area contributed by atoms with Crippen LogP contribution < -0.4 is 4.90 Å². The van der Waals surface area contributed by atoms with Crippen molar-refractivity contribution in [2.75, 3.05) is 4.90 Å². The van der Waals surface area contributed by atoms with Gasteiger partial charge in [0, 0.05) is 68.5 Å². The van der Waals surface area contributed by atoms with Gasteiger partial charge in [-0.05, 0) is 113 Å². The fourth-order valence-electron chi connectivity index (χ4n) is 9.88. The number of nitrogens with zero attached hydrogens (tertiary/aromatic N) is 1. The van der Waals surface area contributed by atoms with E-state index in [2.05, 4.69) is 217 Å². The molecule has 2 aromatic heterocycles. The van der Waals surface area contributed by atoms with E-state index in [4.69, 9.17) is 0 Å². The zero-order valence-electron chi connectivity index (χ0n) is 34.8. The third kappa shape index (κ3) is 6.76. The third-order valence-electron chi connectivity index (χ3n) is 12.9. The van der Waals surface area contributed by atoms with Crippen LogP contribution in [-0.2, 0) is 0 Å². The van der Waals surface area contributed by atoms with Crippen molar-refractivity contribution in [1.29, 1.82) is 0 Å². The van der Waals surface area contributed by atoms with E-state index >= 15 is 0 Å². The van der Waals surface area contributed by atoms with Crippen molar-refractivity contribution < 1.29 is 0 Å². The van der Waals surface area contributed by atoms with E-state index in [0.717, 1.165) is 37.1 Å². The lowest BCUT2D eigenvalue weighted by molar-refractivity contribution is 0.851. The molecular weight excluding hydrogens is 799 g/mol. The zero-order chi connectivity index (χ0) is 41.7. The van der Waals surface area contributed by atoms with Crippen LogP contribution in [0.4, 0.5) is 11.4 Å². The SMILES string of the molecule is C1=CCCC(C2=CC=C(N(c3ccc(-c4cccc5c4sc4ccccc45)c(-c4ccccc4)c3)c3ccc(-c4cccc5c4sc4ccccc45)c(-c4ccccc4)c3)CC2)=C1. The molecule has 2 aliphatic rings. The summed E-state index contributed by atoms with van der Waals surface area (Å²) in [6, 6.07) is 67.5. The molecule has 63 heavy (non-hydrogen) atoms. The summed E-state index contributed by atoms with van der Waals surface area (Å²) in [4.78, 5) is 2.54. The molecule has 0 aliphatic heterocycles. The number of benzene rings is 8. The molecule has 0 saturated heterocycles. The lowest BCUT2D eigenvalue weighted by atomic mass is 9.89. The lowest BCUT2D eigenvalue weighted by Crippen LogP contribution is -2.18. The Kier molecular flexibility index (Phi) is 9.58. The molecule has 0 amide bonds. The number of hydrogen-bond donors (Lipinski definition) is 0. The molecule has 2 aliphatic carbocycles. The first kappa shape index (κ1) is 37.7. The fraction of sp³-hybridized carbons (Fsp3) is 0.0667. The van der Waals surface area contributed by atoms with Crippen LogP contribution in [0.3, 0.4) is 0 Å². The van der Waals surface area contributed by atoms with Crippen molar-refractivity contribution in [3.63, 3.8) is 0 Å². The van der Waals surface area contributed by atoms with E-state index < -0.39 is 0 Å². The molecule has 10 aromatic rings. The second-order valence-corrected chi connectivity index (χ2v) is 18.7. The maximum absolute atomic E-state index is 2.54. The average molecular weight is 842 g/mol. The van der Waals surface area contributed by atoms with Crippen LogP contribution in [0.1, 0.15) is 25.7 Å². The van der Waals surface area contributed by atoms with Gasteiger partial charge in [0.2, 0.25) is 0 Å². The quantitative estimate of drug-likeness (QED) is 0.147. The monoisotopic (exact) mass is 841 g/mol. The fourth-order valence-corrected chi connectivity index (χ4v) is 12.3. The van der Waals surface area contributed by atoms with Crippen molar-refractivity contribution >= 4 is 74.4 Å². The van der Waals surface area contributed by atoms with Gasteiger partial charge < -0.3 is 4.90 Å². The van der Waals surface area contributed by atoms with Gasteiger partial charge in [-0.15, -0.1) is 22.7 Å². The first-order valence-electron chi connectivity index (χ1n) is 22.0. The maximum atomic E-state index is 2.54. The summed E-state index contributed by atoms with van der Waals surface area (Å²) in [5, 5.41) is 5.27. The van der Waals surface area contributed by atoms with Gasteiger partial charge in [0.25, 0.3) is 0 Å². The normalized spacial score (nSPS) is 14.0. The highest BCUT2D eigenvalue weighted by molar-refractivity contribution is 7.26. The number of anilines is 2. The van der Waals surface area contributed by atoms with E-state index in [9.17, 15) is 0 Å². The van der Waals surface area contributed by atoms with Crippen LogP contribution in [0.2, 0.25) is 0 Å². The highest BCUT2D eigenvalue weighted by Crippen LogP contribution is 2.48. The topological polar surface area (TPSA) is 3.24 Å². The minimum absolute atomic E-state index is 0.944. The van der Waals surface area contributed by atoms with E-state index in [-0.39, 0.29) is 0 Å². The highest BCUT2D eigenvalue weighted by Gasteiger charge is 2.24. The number of rotatable bonds is 8. The molecular formula is C60H43NS2. The number of allylic oxidation sites excluding steroid dienone is 8. The second kappa shape index (κ2) is 16.0. The Morgan fingerprint density at radius 2 is 0.873 bits per heavy atom. The highest BCUT2D eigenvalue weighted by atomic mass is 32.1. The molecule has 3 heteroatoms. The molecule has 0 radical (unpaired) electrons. The Labute approximate surface area is 376 Å². The third-order valence-corrected chi connectivity index (χ3v) is 15.4. The standard InChI is InChI=1S/C60H43NS2/c1-4-16-40(17-5-1)41-30-32-44(33-31-41)61(45-34-36-47(55(38-45)42-18-6-2-7-19-42)51-24-14-26-53-49-22-10-12-28-57(49)62-59(51)53)46-35-37-48(56(39-46)43-20-8-3-9-21-43)52-25-15-27-54-50-23-11-13-29-58(50)63-60(52)54/h1-4,6-16,18-30,32,34-39H,5,17,31,33H2. The van der Waals surface area contributed by atoms with E-state index in [0.29, 0.717) is 0 Å². The van der Waals surface area contributed by atoms with E-state index in [1.807, 2.05) is 22.7 Å². The molecule has 300 valence electrons. The van der Waals surface area contributed by atoms with Crippen LogP contribution in [0.25, 0.3) is 84.9 Å².